The Balaban J connectivity index is 2.75. The summed E-state index contributed by atoms with van der Waals surface area (Å²) in [5.74, 6) is -0.227. The van der Waals surface area contributed by atoms with Crippen molar-refractivity contribution in [3.8, 4) is 5.75 Å². The summed E-state index contributed by atoms with van der Waals surface area (Å²) in [6.45, 7) is 9.08. The maximum absolute atomic E-state index is 11.2. The molecule has 0 aromatic heterocycles. The van der Waals surface area contributed by atoms with Gasteiger partial charge in [0.15, 0.2) is 0 Å². The SMILES string of the molecule is CCOC(=O)/C=C/c1ccc(CN(CC)CC)cc1O. The molecule has 0 aliphatic heterocycles. The summed E-state index contributed by atoms with van der Waals surface area (Å²) in [6.07, 6.45) is 2.89. The molecule has 1 rings (SSSR count). The molecule has 0 unspecified atom stereocenters. The summed E-state index contributed by atoms with van der Waals surface area (Å²) in [5, 5.41) is 9.97. The molecule has 1 N–H and O–H groups in total. The highest BCUT2D eigenvalue weighted by Crippen LogP contribution is 2.21. The fraction of sp³-hybridized carbons (Fsp3) is 0.438. The topological polar surface area (TPSA) is 49.8 Å². The van der Waals surface area contributed by atoms with Gasteiger partial charge < -0.3 is 9.84 Å². The lowest BCUT2D eigenvalue weighted by Gasteiger charge is -2.18. The molecule has 20 heavy (non-hydrogen) atoms. The van der Waals surface area contributed by atoms with Crippen LogP contribution in [0.1, 0.15) is 31.9 Å². The fourth-order valence-corrected chi connectivity index (χ4v) is 1.88. The van der Waals surface area contributed by atoms with Gasteiger partial charge in [0.05, 0.1) is 6.61 Å². The Morgan fingerprint density at radius 2 is 2.00 bits per heavy atom. The number of phenolic OH excluding ortho intramolecular Hbond substituents is 1. The lowest BCUT2D eigenvalue weighted by Crippen LogP contribution is -2.21. The summed E-state index contributed by atoms with van der Waals surface area (Å²) in [5.41, 5.74) is 1.67. The predicted molar refractivity (Wildman–Crippen MR) is 80.4 cm³/mol. The highest BCUT2D eigenvalue weighted by molar-refractivity contribution is 5.87. The minimum atomic E-state index is -0.404. The van der Waals surface area contributed by atoms with Gasteiger partial charge >= 0.3 is 5.97 Å². The molecule has 4 heteroatoms. The van der Waals surface area contributed by atoms with Gasteiger partial charge in [0.25, 0.3) is 0 Å². The van der Waals surface area contributed by atoms with E-state index in [1.807, 2.05) is 12.1 Å². The lowest BCUT2D eigenvalue weighted by molar-refractivity contribution is -0.137. The van der Waals surface area contributed by atoms with Gasteiger partial charge in [-0.2, -0.15) is 0 Å². The molecule has 110 valence electrons. The molecule has 0 bridgehead atoms. The first kappa shape index (κ1) is 16.2. The largest absolute Gasteiger partial charge is 0.507 e. The number of carbonyl (C=O) groups excluding carboxylic acids is 1. The molecular formula is C16H23NO3. The molecule has 4 nitrogen and oxygen atoms in total. The van der Waals surface area contributed by atoms with E-state index < -0.39 is 5.97 Å². The molecule has 0 amide bonds. The number of aromatic hydroxyl groups is 1. The molecule has 0 saturated carbocycles. The zero-order valence-corrected chi connectivity index (χ0v) is 12.4. The Morgan fingerprint density at radius 1 is 1.30 bits per heavy atom. The van der Waals surface area contributed by atoms with E-state index in [9.17, 15) is 9.90 Å². The van der Waals surface area contributed by atoms with Crippen LogP contribution in [0.25, 0.3) is 6.08 Å². The minimum absolute atomic E-state index is 0.176. The number of phenols is 1. The molecule has 0 saturated heterocycles. The lowest BCUT2D eigenvalue weighted by atomic mass is 10.1. The standard InChI is InChI=1S/C16H23NO3/c1-4-17(5-2)12-13-7-8-14(15(18)11-13)9-10-16(19)20-6-3/h7-11,18H,4-6,12H2,1-3H3/b10-9+. The highest BCUT2D eigenvalue weighted by Gasteiger charge is 2.04. The highest BCUT2D eigenvalue weighted by atomic mass is 16.5. The Labute approximate surface area is 120 Å². The van der Waals surface area contributed by atoms with E-state index in [0.29, 0.717) is 12.2 Å². The van der Waals surface area contributed by atoms with E-state index in [0.717, 1.165) is 25.2 Å². The van der Waals surface area contributed by atoms with Crippen LogP contribution in [0.15, 0.2) is 24.3 Å². The number of benzene rings is 1. The maximum atomic E-state index is 11.2. The molecule has 1 aromatic rings. The van der Waals surface area contributed by atoms with E-state index in [1.165, 1.54) is 6.08 Å². The summed E-state index contributed by atoms with van der Waals surface area (Å²) < 4.78 is 4.79. The van der Waals surface area contributed by atoms with Crippen LogP contribution < -0.4 is 0 Å². The van der Waals surface area contributed by atoms with Crippen LogP contribution >= 0.6 is 0 Å². The predicted octanol–water partition coefficient (Wildman–Crippen LogP) is 2.81. The normalized spacial score (nSPS) is 11.2. The summed E-state index contributed by atoms with van der Waals surface area (Å²) >= 11 is 0. The average molecular weight is 277 g/mol. The fourth-order valence-electron chi connectivity index (χ4n) is 1.88. The van der Waals surface area contributed by atoms with Crippen LogP contribution in [0.3, 0.4) is 0 Å². The van der Waals surface area contributed by atoms with Crippen molar-refractivity contribution in [2.24, 2.45) is 0 Å². The van der Waals surface area contributed by atoms with Gasteiger partial charge in [-0.15, -0.1) is 0 Å². The van der Waals surface area contributed by atoms with Crippen molar-refractivity contribution < 1.29 is 14.6 Å². The molecule has 0 radical (unpaired) electrons. The summed E-state index contributed by atoms with van der Waals surface area (Å²) in [4.78, 5) is 13.5. The zero-order chi connectivity index (χ0) is 15.0. The second-order valence-corrected chi connectivity index (χ2v) is 4.44. The first-order valence-corrected chi connectivity index (χ1v) is 6.99. The third-order valence-corrected chi connectivity index (χ3v) is 3.08. The van der Waals surface area contributed by atoms with Crippen LogP contribution in [-0.2, 0) is 16.1 Å². The molecule has 0 fully saturated rings. The first-order chi connectivity index (χ1) is 9.60. The van der Waals surface area contributed by atoms with E-state index in [4.69, 9.17) is 4.74 Å². The van der Waals surface area contributed by atoms with Gasteiger partial charge in [-0.3, -0.25) is 4.90 Å². The third kappa shape index (κ3) is 5.05. The monoisotopic (exact) mass is 277 g/mol. The Bertz CT molecular complexity index is 465. The van der Waals surface area contributed by atoms with Crippen molar-refractivity contribution >= 4 is 12.0 Å². The van der Waals surface area contributed by atoms with Crippen molar-refractivity contribution in [3.05, 3.63) is 35.4 Å². The maximum Gasteiger partial charge on any atom is 0.330 e. The van der Waals surface area contributed by atoms with Crippen LogP contribution in [0, 0.1) is 0 Å². The second-order valence-electron chi connectivity index (χ2n) is 4.44. The van der Waals surface area contributed by atoms with Crippen molar-refractivity contribution in [2.75, 3.05) is 19.7 Å². The van der Waals surface area contributed by atoms with Crippen LogP contribution in [0.4, 0.5) is 0 Å². The number of hydrogen-bond donors (Lipinski definition) is 1. The second kappa shape index (κ2) is 8.38. The van der Waals surface area contributed by atoms with Crippen molar-refractivity contribution in [1.82, 2.24) is 4.90 Å². The number of esters is 1. The molecule has 0 spiro atoms. The Hall–Kier alpha value is -1.81. The average Bonchev–Trinajstić information content (AvgIpc) is 2.44. The van der Waals surface area contributed by atoms with Gasteiger partial charge in [-0.05, 0) is 37.7 Å². The number of rotatable bonds is 7. The van der Waals surface area contributed by atoms with Gasteiger partial charge in [-0.1, -0.05) is 26.0 Å². The first-order valence-electron chi connectivity index (χ1n) is 6.99. The Morgan fingerprint density at radius 3 is 2.55 bits per heavy atom. The van der Waals surface area contributed by atoms with Crippen LogP contribution in [0.5, 0.6) is 5.75 Å². The number of hydrogen-bond acceptors (Lipinski definition) is 4. The van der Waals surface area contributed by atoms with Crippen LogP contribution in [0.2, 0.25) is 0 Å². The smallest absolute Gasteiger partial charge is 0.330 e. The molecule has 0 heterocycles. The van der Waals surface area contributed by atoms with E-state index in [1.54, 1.807) is 19.1 Å². The zero-order valence-electron chi connectivity index (χ0n) is 12.4. The molecule has 0 atom stereocenters. The third-order valence-electron chi connectivity index (χ3n) is 3.08. The van der Waals surface area contributed by atoms with Gasteiger partial charge in [0, 0.05) is 18.2 Å². The van der Waals surface area contributed by atoms with Gasteiger partial charge in [0.1, 0.15) is 5.75 Å². The summed E-state index contributed by atoms with van der Waals surface area (Å²) in [6, 6.07) is 5.51. The molecule has 0 aliphatic carbocycles. The summed E-state index contributed by atoms with van der Waals surface area (Å²) in [7, 11) is 0. The molecule has 0 aliphatic rings. The number of nitrogens with zero attached hydrogens (tertiary/aromatic N) is 1. The van der Waals surface area contributed by atoms with Crippen molar-refractivity contribution in [3.63, 3.8) is 0 Å². The number of carbonyl (C=O) groups is 1. The molecular weight excluding hydrogens is 254 g/mol. The molecule has 1 aromatic carbocycles. The van der Waals surface area contributed by atoms with Gasteiger partial charge in [-0.25, -0.2) is 4.79 Å². The van der Waals surface area contributed by atoms with E-state index in [2.05, 4.69) is 18.7 Å². The van der Waals surface area contributed by atoms with Crippen molar-refractivity contribution in [1.29, 1.82) is 0 Å². The Kier molecular flexibility index (Phi) is 6.81. The van der Waals surface area contributed by atoms with Crippen LogP contribution in [-0.4, -0.2) is 35.7 Å². The van der Waals surface area contributed by atoms with E-state index >= 15 is 0 Å². The quantitative estimate of drug-likeness (QED) is 0.615. The number of ether oxygens (including phenoxy) is 1. The van der Waals surface area contributed by atoms with Crippen molar-refractivity contribution in [2.45, 2.75) is 27.3 Å². The van der Waals surface area contributed by atoms with Gasteiger partial charge in [0.2, 0.25) is 0 Å². The minimum Gasteiger partial charge on any atom is -0.507 e. The van der Waals surface area contributed by atoms with E-state index in [-0.39, 0.29) is 5.75 Å².